The molecule has 16 heavy (non-hydrogen) atoms. The van der Waals surface area contributed by atoms with E-state index in [0.717, 1.165) is 0 Å². The minimum Gasteiger partial charge on any atom is -0.0654 e. The van der Waals surface area contributed by atoms with Crippen molar-refractivity contribution in [1.29, 1.82) is 0 Å². The molecule has 0 bridgehead atoms. The van der Waals surface area contributed by atoms with Crippen LogP contribution in [0.15, 0.2) is 21.1 Å². The van der Waals surface area contributed by atoms with Crippen LogP contribution in [0.1, 0.15) is 50.7 Å². The first-order valence-corrected chi connectivity index (χ1v) is 7.74. The van der Waals surface area contributed by atoms with Crippen molar-refractivity contribution < 1.29 is 0 Å². The minimum absolute atomic E-state index is 1.17. The molecule has 90 valence electrons. The van der Waals surface area contributed by atoms with Crippen LogP contribution in [0, 0.1) is 0 Å². The highest BCUT2D eigenvalue weighted by Crippen LogP contribution is 2.28. The lowest BCUT2D eigenvalue weighted by atomic mass is 10.0. The van der Waals surface area contributed by atoms with Gasteiger partial charge in [0, 0.05) is 8.95 Å². The molecule has 0 aliphatic carbocycles. The standard InChI is InChI=1S/C14H20Br2/c1-3-5-7-11-9-14(16)12(8-6-4-2)10-13(11)15/h9-10H,3-8H2,1-2H3. The van der Waals surface area contributed by atoms with E-state index in [9.17, 15) is 0 Å². The van der Waals surface area contributed by atoms with E-state index in [2.05, 4.69) is 57.8 Å². The van der Waals surface area contributed by atoms with Crippen LogP contribution in [-0.4, -0.2) is 0 Å². The van der Waals surface area contributed by atoms with Gasteiger partial charge in [0.05, 0.1) is 0 Å². The van der Waals surface area contributed by atoms with E-state index in [4.69, 9.17) is 0 Å². The zero-order chi connectivity index (χ0) is 12.0. The number of aryl methyl sites for hydroxylation is 2. The van der Waals surface area contributed by atoms with Gasteiger partial charge < -0.3 is 0 Å². The van der Waals surface area contributed by atoms with Crippen molar-refractivity contribution in [2.75, 3.05) is 0 Å². The Balaban J connectivity index is 2.79. The van der Waals surface area contributed by atoms with Crippen LogP contribution >= 0.6 is 31.9 Å². The van der Waals surface area contributed by atoms with E-state index in [1.807, 2.05) is 0 Å². The number of benzene rings is 1. The highest BCUT2D eigenvalue weighted by atomic mass is 79.9. The van der Waals surface area contributed by atoms with Gasteiger partial charge in [0.2, 0.25) is 0 Å². The van der Waals surface area contributed by atoms with E-state index >= 15 is 0 Å². The molecule has 1 aromatic rings. The third-order valence-corrected chi connectivity index (χ3v) is 4.29. The van der Waals surface area contributed by atoms with Crippen LogP contribution in [0.3, 0.4) is 0 Å². The van der Waals surface area contributed by atoms with E-state index in [1.54, 1.807) is 0 Å². The Morgan fingerprint density at radius 3 is 1.50 bits per heavy atom. The zero-order valence-electron chi connectivity index (χ0n) is 10.2. The van der Waals surface area contributed by atoms with Gasteiger partial charge in [-0.1, -0.05) is 58.5 Å². The first kappa shape index (κ1) is 14.2. The second-order valence-corrected chi connectivity index (χ2v) is 5.95. The summed E-state index contributed by atoms with van der Waals surface area (Å²) in [5, 5.41) is 0. The lowest BCUT2D eigenvalue weighted by Crippen LogP contribution is -1.92. The summed E-state index contributed by atoms with van der Waals surface area (Å²) in [5.74, 6) is 0. The zero-order valence-corrected chi connectivity index (χ0v) is 13.3. The molecule has 0 amide bonds. The van der Waals surface area contributed by atoms with Gasteiger partial charge in [-0.15, -0.1) is 0 Å². The van der Waals surface area contributed by atoms with Crippen LogP contribution < -0.4 is 0 Å². The predicted molar refractivity (Wildman–Crippen MR) is 79.1 cm³/mol. The smallest absolute Gasteiger partial charge is 0.0210 e. The highest BCUT2D eigenvalue weighted by Gasteiger charge is 2.06. The lowest BCUT2D eigenvalue weighted by molar-refractivity contribution is 0.781. The van der Waals surface area contributed by atoms with Crippen LogP contribution in [0.5, 0.6) is 0 Å². The molecule has 0 radical (unpaired) electrons. The molecule has 0 saturated carbocycles. The third-order valence-electron chi connectivity index (χ3n) is 2.81. The quantitative estimate of drug-likeness (QED) is 0.601. The molecule has 0 saturated heterocycles. The molecule has 0 N–H and O–H groups in total. The third kappa shape index (κ3) is 4.21. The largest absolute Gasteiger partial charge is 0.0654 e. The van der Waals surface area contributed by atoms with E-state index in [1.165, 1.54) is 58.6 Å². The molecule has 0 aliphatic heterocycles. The molecular weight excluding hydrogens is 328 g/mol. The second kappa shape index (κ2) is 7.50. The SMILES string of the molecule is CCCCc1cc(Br)c(CCCC)cc1Br. The fourth-order valence-corrected chi connectivity index (χ4v) is 2.92. The summed E-state index contributed by atoms with van der Waals surface area (Å²) in [6.45, 7) is 4.47. The normalized spacial score (nSPS) is 10.8. The Hall–Kier alpha value is 0.180. The maximum Gasteiger partial charge on any atom is 0.0210 e. The van der Waals surface area contributed by atoms with Crippen molar-refractivity contribution in [2.24, 2.45) is 0 Å². The summed E-state index contributed by atoms with van der Waals surface area (Å²) in [6.07, 6.45) is 7.37. The van der Waals surface area contributed by atoms with Gasteiger partial charge >= 0.3 is 0 Å². The average molecular weight is 348 g/mol. The topological polar surface area (TPSA) is 0 Å². The Bertz CT molecular complexity index is 298. The predicted octanol–water partition coefficient (Wildman–Crippen LogP) is 5.90. The summed E-state index contributed by atoms with van der Waals surface area (Å²) in [4.78, 5) is 0. The van der Waals surface area contributed by atoms with Crippen LogP contribution in [0.2, 0.25) is 0 Å². The Morgan fingerprint density at radius 1 is 0.812 bits per heavy atom. The maximum absolute atomic E-state index is 3.68. The molecule has 2 heteroatoms. The number of hydrogen-bond acceptors (Lipinski definition) is 0. The summed E-state index contributed by atoms with van der Waals surface area (Å²) >= 11 is 7.37. The van der Waals surface area contributed by atoms with Crippen molar-refractivity contribution in [2.45, 2.75) is 52.4 Å². The second-order valence-electron chi connectivity index (χ2n) is 4.24. The van der Waals surface area contributed by atoms with E-state index in [0.29, 0.717) is 0 Å². The molecule has 0 nitrogen and oxygen atoms in total. The Kier molecular flexibility index (Phi) is 6.67. The van der Waals surface area contributed by atoms with Crippen molar-refractivity contribution in [3.05, 3.63) is 32.2 Å². The highest BCUT2D eigenvalue weighted by molar-refractivity contribution is 9.11. The summed E-state index contributed by atoms with van der Waals surface area (Å²) < 4.78 is 2.55. The summed E-state index contributed by atoms with van der Waals surface area (Å²) in [6, 6.07) is 4.56. The molecule has 0 spiro atoms. The van der Waals surface area contributed by atoms with Gasteiger partial charge in [-0.3, -0.25) is 0 Å². The fraction of sp³-hybridized carbons (Fsp3) is 0.571. The first-order chi connectivity index (χ1) is 7.69. The number of hydrogen-bond donors (Lipinski definition) is 0. The van der Waals surface area contributed by atoms with Gasteiger partial charge in [-0.25, -0.2) is 0 Å². The summed E-state index contributed by atoms with van der Waals surface area (Å²) in [7, 11) is 0. The van der Waals surface area contributed by atoms with Crippen molar-refractivity contribution in [3.8, 4) is 0 Å². The van der Waals surface area contributed by atoms with Crippen LogP contribution in [0.4, 0.5) is 0 Å². The first-order valence-electron chi connectivity index (χ1n) is 6.15. The molecule has 0 fully saturated rings. The number of unbranched alkanes of at least 4 members (excludes halogenated alkanes) is 2. The van der Waals surface area contributed by atoms with Gasteiger partial charge in [0.25, 0.3) is 0 Å². The van der Waals surface area contributed by atoms with E-state index < -0.39 is 0 Å². The molecule has 0 aliphatic rings. The van der Waals surface area contributed by atoms with Crippen LogP contribution in [0.25, 0.3) is 0 Å². The molecular formula is C14H20Br2. The molecule has 1 aromatic carbocycles. The molecule has 1 rings (SSSR count). The van der Waals surface area contributed by atoms with E-state index in [-0.39, 0.29) is 0 Å². The minimum atomic E-state index is 1.17. The van der Waals surface area contributed by atoms with Crippen molar-refractivity contribution >= 4 is 31.9 Å². The number of halogens is 2. The van der Waals surface area contributed by atoms with Crippen molar-refractivity contribution in [1.82, 2.24) is 0 Å². The Labute approximate surface area is 116 Å². The van der Waals surface area contributed by atoms with Crippen molar-refractivity contribution in [3.63, 3.8) is 0 Å². The number of rotatable bonds is 6. The Morgan fingerprint density at radius 2 is 1.19 bits per heavy atom. The molecule has 0 atom stereocenters. The van der Waals surface area contributed by atoms with Gasteiger partial charge in [0.1, 0.15) is 0 Å². The molecule has 0 unspecified atom stereocenters. The fourth-order valence-electron chi connectivity index (χ4n) is 1.75. The van der Waals surface area contributed by atoms with Crippen LogP contribution in [-0.2, 0) is 12.8 Å². The maximum atomic E-state index is 3.68. The average Bonchev–Trinajstić information content (AvgIpc) is 2.28. The van der Waals surface area contributed by atoms with Gasteiger partial charge in [0.15, 0.2) is 0 Å². The van der Waals surface area contributed by atoms with Gasteiger partial charge in [-0.2, -0.15) is 0 Å². The van der Waals surface area contributed by atoms with Gasteiger partial charge in [-0.05, 0) is 48.9 Å². The monoisotopic (exact) mass is 346 g/mol. The molecule has 0 aromatic heterocycles. The molecule has 0 heterocycles. The lowest BCUT2D eigenvalue weighted by Gasteiger charge is -2.09. The summed E-state index contributed by atoms with van der Waals surface area (Å²) in [5.41, 5.74) is 2.85.